The van der Waals surface area contributed by atoms with Crippen LogP contribution < -0.4 is 14.9 Å². The van der Waals surface area contributed by atoms with Gasteiger partial charge in [-0.15, -0.1) is 0 Å². The van der Waals surface area contributed by atoms with E-state index in [2.05, 4.69) is 10.0 Å². The topological polar surface area (TPSA) is 95.6 Å². The van der Waals surface area contributed by atoms with E-state index < -0.39 is 16.1 Å². The van der Waals surface area contributed by atoms with E-state index in [1.165, 1.54) is 31.2 Å². The van der Waals surface area contributed by atoms with Gasteiger partial charge in [-0.1, -0.05) is 6.07 Å². The molecule has 0 aromatic heterocycles. The highest BCUT2D eigenvalue weighted by molar-refractivity contribution is 7.89. The molecule has 1 aliphatic rings. The number of aryl methyl sites for hydroxylation is 2. The summed E-state index contributed by atoms with van der Waals surface area (Å²) in [7, 11) is -3.77. The number of rotatable bonds is 5. The molecule has 1 atom stereocenters. The number of nitrogens with one attached hydrogen (secondary N) is 2. The van der Waals surface area contributed by atoms with Crippen molar-refractivity contribution >= 4 is 33.2 Å². The second-order valence-corrected chi connectivity index (χ2v) is 8.71. The van der Waals surface area contributed by atoms with Crippen molar-refractivity contribution < 1.29 is 18.0 Å². The summed E-state index contributed by atoms with van der Waals surface area (Å²) in [5.74, 6) is -0.346. The van der Waals surface area contributed by atoms with Crippen LogP contribution in [0.3, 0.4) is 0 Å². The lowest BCUT2D eigenvalue weighted by molar-refractivity contribution is -0.117. The van der Waals surface area contributed by atoms with Crippen molar-refractivity contribution in [2.24, 2.45) is 0 Å². The zero-order valence-electron chi connectivity index (χ0n) is 16.0. The smallest absolute Gasteiger partial charge is 0.240 e. The van der Waals surface area contributed by atoms with Gasteiger partial charge >= 0.3 is 0 Å². The van der Waals surface area contributed by atoms with Crippen molar-refractivity contribution in [1.29, 1.82) is 0 Å². The third kappa shape index (κ3) is 4.40. The molecule has 2 aromatic rings. The first-order valence-corrected chi connectivity index (χ1v) is 10.4. The summed E-state index contributed by atoms with van der Waals surface area (Å²) in [4.78, 5) is 25.2. The Morgan fingerprint density at radius 3 is 2.36 bits per heavy atom. The minimum Gasteiger partial charge on any atom is -0.326 e. The molecule has 1 fully saturated rings. The van der Waals surface area contributed by atoms with Gasteiger partial charge in [-0.25, -0.2) is 13.1 Å². The zero-order chi connectivity index (χ0) is 20.5. The van der Waals surface area contributed by atoms with Crippen LogP contribution in [0.15, 0.2) is 47.4 Å². The minimum atomic E-state index is -3.77. The van der Waals surface area contributed by atoms with Gasteiger partial charge in [-0.2, -0.15) is 0 Å². The molecule has 7 nitrogen and oxygen atoms in total. The van der Waals surface area contributed by atoms with Crippen LogP contribution in [-0.2, 0) is 19.6 Å². The lowest BCUT2D eigenvalue weighted by Gasteiger charge is -2.18. The molecule has 3 rings (SSSR count). The van der Waals surface area contributed by atoms with Crippen molar-refractivity contribution in [1.82, 2.24) is 4.72 Å². The molecule has 2 amide bonds. The Kier molecular flexibility index (Phi) is 5.53. The van der Waals surface area contributed by atoms with Crippen LogP contribution in [0.25, 0.3) is 0 Å². The molecule has 0 radical (unpaired) electrons. The summed E-state index contributed by atoms with van der Waals surface area (Å²) < 4.78 is 27.9. The molecule has 2 aromatic carbocycles. The number of amides is 2. The molecule has 1 heterocycles. The Bertz CT molecular complexity index is 1020. The first-order valence-electron chi connectivity index (χ1n) is 8.93. The minimum absolute atomic E-state index is 0.0821. The molecular weight excluding hydrogens is 378 g/mol. The Labute approximate surface area is 164 Å². The van der Waals surface area contributed by atoms with Crippen LogP contribution in [0.5, 0.6) is 0 Å². The molecule has 0 aliphatic carbocycles. The summed E-state index contributed by atoms with van der Waals surface area (Å²) in [6.45, 7) is 5.64. The van der Waals surface area contributed by atoms with Crippen LogP contribution in [-0.4, -0.2) is 32.8 Å². The number of benzene rings is 2. The molecule has 8 heteroatoms. The summed E-state index contributed by atoms with van der Waals surface area (Å²) in [6.07, 6.45) is 0.107. The number of hydrogen-bond donors (Lipinski definition) is 2. The summed E-state index contributed by atoms with van der Waals surface area (Å²) >= 11 is 0. The molecule has 2 N–H and O–H groups in total. The van der Waals surface area contributed by atoms with Crippen LogP contribution >= 0.6 is 0 Å². The first kappa shape index (κ1) is 20.0. The summed E-state index contributed by atoms with van der Waals surface area (Å²) in [5.41, 5.74) is 3.50. The number of sulfonamides is 1. The second kappa shape index (κ2) is 7.73. The van der Waals surface area contributed by atoms with E-state index in [1.54, 1.807) is 4.90 Å². The van der Waals surface area contributed by atoms with Gasteiger partial charge in [0.05, 0.1) is 4.90 Å². The highest BCUT2D eigenvalue weighted by atomic mass is 32.2. The van der Waals surface area contributed by atoms with Crippen molar-refractivity contribution in [2.75, 3.05) is 16.8 Å². The van der Waals surface area contributed by atoms with Crippen molar-refractivity contribution in [2.45, 2.75) is 38.1 Å². The highest BCUT2D eigenvalue weighted by Gasteiger charge is 2.33. The van der Waals surface area contributed by atoms with E-state index in [4.69, 9.17) is 0 Å². The molecule has 0 bridgehead atoms. The Hall–Kier alpha value is -2.71. The molecular formula is C20H23N3O4S. The van der Waals surface area contributed by atoms with Gasteiger partial charge in [-0.05, 0) is 61.4 Å². The fraction of sp³-hybridized carbons (Fsp3) is 0.300. The van der Waals surface area contributed by atoms with E-state index in [-0.39, 0.29) is 29.7 Å². The third-order valence-corrected chi connectivity index (χ3v) is 6.27. The van der Waals surface area contributed by atoms with Crippen LogP contribution in [0.2, 0.25) is 0 Å². The molecule has 0 spiro atoms. The maximum absolute atomic E-state index is 12.6. The van der Waals surface area contributed by atoms with Crippen molar-refractivity contribution in [3.05, 3.63) is 53.6 Å². The number of carbonyl (C=O) groups is 2. The maximum atomic E-state index is 12.6. The average Bonchev–Trinajstić information content (AvgIpc) is 2.97. The summed E-state index contributed by atoms with van der Waals surface area (Å²) in [5, 5.41) is 2.59. The lowest BCUT2D eigenvalue weighted by atomic mass is 10.1. The van der Waals surface area contributed by atoms with Crippen LogP contribution in [0, 0.1) is 13.8 Å². The lowest BCUT2D eigenvalue weighted by Crippen LogP contribution is -2.37. The van der Waals surface area contributed by atoms with Crippen LogP contribution in [0.1, 0.15) is 24.5 Å². The number of anilines is 2. The second-order valence-electron chi connectivity index (χ2n) is 7.00. The molecule has 148 valence electrons. The quantitative estimate of drug-likeness (QED) is 0.804. The molecule has 1 aliphatic heterocycles. The zero-order valence-corrected chi connectivity index (χ0v) is 16.8. The molecule has 28 heavy (non-hydrogen) atoms. The van der Waals surface area contributed by atoms with Gasteiger partial charge in [0.15, 0.2) is 0 Å². The van der Waals surface area contributed by atoms with E-state index in [1.807, 2.05) is 32.0 Å². The maximum Gasteiger partial charge on any atom is 0.240 e. The predicted molar refractivity (Wildman–Crippen MR) is 108 cm³/mol. The van der Waals surface area contributed by atoms with E-state index >= 15 is 0 Å². The van der Waals surface area contributed by atoms with E-state index in [9.17, 15) is 18.0 Å². The predicted octanol–water partition coefficient (Wildman–Crippen LogP) is 2.35. The van der Waals surface area contributed by atoms with Gasteiger partial charge in [0.25, 0.3) is 0 Å². The third-order valence-electron chi connectivity index (χ3n) is 4.73. The van der Waals surface area contributed by atoms with Crippen molar-refractivity contribution in [3.8, 4) is 0 Å². The van der Waals surface area contributed by atoms with Gasteiger partial charge in [-0.3, -0.25) is 9.59 Å². The van der Waals surface area contributed by atoms with Gasteiger partial charge < -0.3 is 10.2 Å². The molecule has 0 saturated carbocycles. The number of carbonyl (C=O) groups excluding carboxylic acids is 2. The summed E-state index contributed by atoms with van der Waals surface area (Å²) in [6, 6.07) is 11.1. The fourth-order valence-electron chi connectivity index (χ4n) is 3.14. The Morgan fingerprint density at radius 2 is 1.75 bits per heavy atom. The SMILES string of the molecule is CC(=O)Nc1ccc(S(=O)(=O)N[C@@H]2CC(=O)N(c3ccc(C)c(C)c3)C2)cc1. The van der Waals surface area contributed by atoms with Gasteiger partial charge in [0.2, 0.25) is 21.8 Å². The number of nitrogens with zero attached hydrogens (tertiary/aromatic N) is 1. The number of hydrogen-bond acceptors (Lipinski definition) is 4. The standard InChI is InChI=1S/C20H23N3O4S/c1-13-4-7-18(10-14(13)2)23-12-17(11-20(23)25)22-28(26,27)19-8-5-16(6-9-19)21-15(3)24/h4-10,17,22H,11-12H2,1-3H3,(H,21,24)/t17-/m1/s1. The van der Waals surface area contributed by atoms with E-state index in [0.717, 1.165) is 16.8 Å². The normalized spacial score (nSPS) is 17.0. The average molecular weight is 401 g/mol. The largest absolute Gasteiger partial charge is 0.326 e. The van der Waals surface area contributed by atoms with Gasteiger partial charge in [0.1, 0.15) is 0 Å². The first-order chi connectivity index (χ1) is 13.2. The molecule has 1 saturated heterocycles. The molecule has 0 unspecified atom stereocenters. The fourth-order valence-corrected chi connectivity index (χ4v) is 4.36. The highest BCUT2D eigenvalue weighted by Crippen LogP contribution is 2.25. The monoisotopic (exact) mass is 401 g/mol. The van der Waals surface area contributed by atoms with Crippen LogP contribution in [0.4, 0.5) is 11.4 Å². The Balaban J connectivity index is 1.71. The van der Waals surface area contributed by atoms with Gasteiger partial charge in [0, 0.05) is 37.3 Å². The Morgan fingerprint density at radius 1 is 1.07 bits per heavy atom. The van der Waals surface area contributed by atoms with Crippen molar-refractivity contribution in [3.63, 3.8) is 0 Å². The van der Waals surface area contributed by atoms with E-state index in [0.29, 0.717) is 5.69 Å².